The van der Waals surface area contributed by atoms with Gasteiger partial charge in [-0.15, -0.1) is 0 Å². The molecule has 0 N–H and O–H groups in total. The Kier molecular flexibility index (Phi) is 4.54. The van der Waals surface area contributed by atoms with Crippen LogP contribution in [0, 0.1) is 11.6 Å². The summed E-state index contributed by atoms with van der Waals surface area (Å²) < 4.78 is 32.3. The van der Waals surface area contributed by atoms with Crippen LogP contribution in [0.1, 0.15) is 24.1 Å². The fraction of sp³-hybridized carbons (Fsp3) is 0.400. The van der Waals surface area contributed by atoms with Crippen molar-refractivity contribution >= 4 is 0 Å². The summed E-state index contributed by atoms with van der Waals surface area (Å²) in [7, 11) is 0. The second-order valence-corrected chi connectivity index (χ2v) is 6.81. The summed E-state index contributed by atoms with van der Waals surface area (Å²) in [4.78, 5) is 4.75. The molecular formula is C20H22F2N2O. The molecule has 0 aliphatic carbocycles. The third kappa shape index (κ3) is 3.59. The lowest BCUT2D eigenvalue weighted by atomic mass is 9.96. The van der Waals surface area contributed by atoms with E-state index in [1.165, 1.54) is 24.3 Å². The first-order valence-electron chi connectivity index (χ1n) is 8.76. The lowest BCUT2D eigenvalue weighted by molar-refractivity contribution is 0.0756. The fourth-order valence-corrected chi connectivity index (χ4v) is 3.71. The molecule has 0 saturated carbocycles. The monoisotopic (exact) mass is 344 g/mol. The van der Waals surface area contributed by atoms with Crippen LogP contribution in [0.5, 0.6) is 0 Å². The topological polar surface area (TPSA) is 19.0 Å². The van der Waals surface area contributed by atoms with Crippen LogP contribution in [-0.2, 0) is 4.74 Å². The number of hydrogen-bond donors (Lipinski definition) is 0. The third-order valence-corrected chi connectivity index (χ3v) is 5.12. The van der Waals surface area contributed by atoms with Crippen molar-refractivity contribution in [3.05, 3.63) is 71.3 Å². The average Bonchev–Trinajstić information content (AvgIpc) is 3.36. The van der Waals surface area contributed by atoms with Gasteiger partial charge in [-0.2, -0.15) is 0 Å². The van der Waals surface area contributed by atoms with Gasteiger partial charge in [0.2, 0.25) is 0 Å². The van der Waals surface area contributed by atoms with Gasteiger partial charge in [0.15, 0.2) is 0 Å². The van der Waals surface area contributed by atoms with Crippen molar-refractivity contribution in [2.24, 2.45) is 0 Å². The molecule has 2 aromatic rings. The second-order valence-electron chi connectivity index (χ2n) is 6.81. The van der Waals surface area contributed by atoms with Gasteiger partial charge in [0.1, 0.15) is 17.9 Å². The minimum atomic E-state index is -0.244. The van der Waals surface area contributed by atoms with Crippen LogP contribution in [0.2, 0.25) is 0 Å². The van der Waals surface area contributed by atoms with Crippen LogP contribution in [-0.4, -0.2) is 48.3 Å². The molecule has 2 heterocycles. The molecule has 2 saturated heterocycles. The molecule has 0 radical (unpaired) electrons. The minimum absolute atomic E-state index is 0.000829. The summed E-state index contributed by atoms with van der Waals surface area (Å²) in [6, 6.07) is 13.2. The predicted octanol–water partition coefficient (Wildman–Crippen LogP) is 3.42. The first-order chi connectivity index (χ1) is 12.1. The van der Waals surface area contributed by atoms with E-state index in [-0.39, 0.29) is 23.9 Å². The van der Waals surface area contributed by atoms with Gasteiger partial charge in [0, 0.05) is 26.2 Å². The SMILES string of the molecule is CC1OC1N1CCN(C(c2ccc(F)cc2)c2ccc(F)cc2)CC1. The molecule has 25 heavy (non-hydrogen) atoms. The van der Waals surface area contributed by atoms with E-state index in [9.17, 15) is 8.78 Å². The highest BCUT2D eigenvalue weighted by molar-refractivity contribution is 5.32. The van der Waals surface area contributed by atoms with Crippen molar-refractivity contribution in [3.8, 4) is 0 Å². The van der Waals surface area contributed by atoms with E-state index < -0.39 is 0 Å². The van der Waals surface area contributed by atoms with E-state index in [2.05, 4.69) is 16.7 Å². The summed E-state index contributed by atoms with van der Waals surface area (Å²) in [5.74, 6) is -0.488. The van der Waals surface area contributed by atoms with E-state index in [4.69, 9.17) is 4.74 Å². The Hall–Kier alpha value is -1.82. The molecule has 0 spiro atoms. The van der Waals surface area contributed by atoms with Crippen molar-refractivity contribution in [1.29, 1.82) is 0 Å². The molecule has 0 aromatic heterocycles. The number of ether oxygens (including phenoxy) is 1. The Bertz CT molecular complexity index is 666. The smallest absolute Gasteiger partial charge is 0.137 e. The van der Waals surface area contributed by atoms with E-state index in [1.807, 2.05) is 24.3 Å². The van der Waals surface area contributed by atoms with Crippen molar-refractivity contribution in [3.63, 3.8) is 0 Å². The van der Waals surface area contributed by atoms with Gasteiger partial charge in [0.05, 0.1) is 12.1 Å². The molecule has 2 aliphatic heterocycles. The summed E-state index contributed by atoms with van der Waals surface area (Å²) in [6.07, 6.45) is 0.591. The highest BCUT2D eigenvalue weighted by Crippen LogP contribution is 2.32. The Morgan fingerprint density at radius 2 is 1.28 bits per heavy atom. The zero-order chi connectivity index (χ0) is 17.4. The van der Waals surface area contributed by atoms with Gasteiger partial charge >= 0.3 is 0 Å². The zero-order valence-corrected chi connectivity index (χ0v) is 14.2. The van der Waals surface area contributed by atoms with E-state index >= 15 is 0 Å². The van der Waals surface area contributed by atoms with Crippen molar-refractivity contribution in [2.45, 2.75) is 25.3 Å². The normalized spacial score (nSPS) is 24.6. The summed E-state index contributed by atoms with van der Waals surface area (Å²) in [6.45, 7) is 5.76. The van der Waals surface area contributed by atoms with Crippen LogP contribution in [0.4, 0.5) is 8.78 Å². The summed E-state index contributed by atoms with van der Waals surface area (Å²) in [5, 5.41) is 0. The molecule has 0 bridgehead atoms. The molecule has 2 atom stereocenters. The first-order valence-corrected chi connectivity index (χ1v) is 8.76. The van der Waals surface area contributed by atoms with Crippen molar-refractivity contribution < 1.29 is 13.5 Å². The lowest BCUT2D eigenvalue weighted by Gasteiger charge is -2.39. The number of piperazine rings is 1. The molecule has 0 amide bonds. The van der Waals surface area contributed by atoms with Gasteiger partial charge < -0.3 is 4.74 Å². The molecule has 3 nitrogen and oxygen atoms in total. The maximum Gasteiger partial charge on any atom is 0.137 e. The first kappa shape index (κ1) is 16.6. The predicted molar refractivity (Wildman–Crippen MR) is 92.1 cm³/mol. The van der Waals surface area contributed by atoms with Crippen molar-refractivity contribution in [1.82, 2.24) is 9.80 Å². The maximum atomic E-state index is 13.3. The Labute approximate surface area is 146 Å². The molecule has 2 unspecified atom stereocenters. The van der Waals surface area contributed by atoms with Crippen LogP contribution >= 0.6 is 0 Å². The van der Waals surface area contributed by atoms with Gasteiger partial charge in [0.25, 0.3) is 0 Å². The number of nitrogens with zero attached hydrogens (tertiary/aromatic N) is 2. The Morgan fingerprint density at radius 1 is 0.840 bits per heavy atom. The molecule has 132 valence electrons. The standard InChI is InChI=1S/C20H22F2N2O/c1-14-20(25-14)24-12-10-23(11-13-24)19(15-2-6-17(21)7-3-15)16-4-8-18(22)9-5-16/h2-9,14,19-20H,10-13H2,1H3. The van der Waals surface area contributed by atoms with Gasteiger partial charge in [-0.05, 0) is 42.3 Å². The molecule has 2 aromatic carbocycles. The molecular weight excluding hydrogens is 322 g/mol. The third-order valence-electron chi connectivity index (χ3n) is 5.12. The zero-order valence-electron chi connectivity index (χ0n) is 14.2. The maximum absolute atomic E-state index is 13.3. The van der Waals surface area contributed by atoms with Gasteiger partial charge in [-0.3, -0.25) is 9.80 Å². The fourth-order valence-electron chi connectivity index (χ4n) is 3.71. The molecule has 4 rings (SSSR count). The molecule has 2 aliphatic rings. The second kappa shape index (κ2) is 6.83. The number of halogens is 2. The number of rotatable bonds is 4. The largest absolute Gasteiger partial charge is 0.353 e. The van der Waals surface area contributed by atoms with Crippen LogP contribution in [0.25, 0.3) is 0 Å². The van der Waals surface area contributed by atoms with E-state index in [1.54, 1.807) is 0 Å². The molecule has 5 heteroatoms. The van der Waals surface area contributed by atoms with Gasteiger partial charge in [-0.25, -0.2) is 8.78 Å². The highest BCUT2D eigenvalue weighted by atomic mass is 19.1. The van der Waals surface area contributed by atoms with Crippen molar-refractivity contribution in [2.75, 3.05) is 26.2 Å². The number of hydrogen-bond acceptors (Lipinski definition) is 3. The van der Waals surface area contributed by atoms with Crippen LogP contribution in [0.15, 0.2) is 48.5 Å². The summed E-state index contributed by atoms with van der Waals surface area (Å²) >= 11 is 0. The quantitative estimate of drug-likeness (QED) is 0.792. The Balaban J connectivity index is 1.57. The molecule has 2 fully saturated rings. The van der Waals surface area contributed by atoms with E-state index in [0.29, 0.717) is 6.10 Å². The van der Waals surface area contributed by atoms with Crippen LogP contribution in [0.3, 0.4) is 0 Å². The number of epoxide rings is 1. The lowest BCUT2D eigenvalue weighted by Crippen LogP contribution is -2.49. The minimum Gasteiger partial charge on any atom is -0.353 e. The summed E-state index contributed by atoms with van der Waals surface area (Å²) in [5.41, 5.74) is 2.05. The van der Waals surface area contributed by atoms with Gasteiger partial charge in [-0.1, -0.05) is 24.3 Å². The van der Waals surface area contributed by atoms with E-state index in [0.717, 1.165) is 37.3 Å². The average molecular weight is 344 g/mol. The Morgan fingerprint density at radius 3 is 1.68 bits per heavy atom. The van der Waals surface area contributed by atoms with Crippen LogP contribution < -0.4 is 0 Å². The highest BCUT2D eigenvalue weighted by Gasteiger charge is 2.41. The number of benzene rings is 2.